The molecule has 0 aromatic carbocycles. The lowest BCUT2D eigenvalue weighted by Gasteiger charge is -2.17. The molecule has 0 bridgehead atoms. The number of aliphatic hydroxyl groups excluding tert-OH is 2. The molecule has 122 valence electrons. The van der Waals surface area contributed by atoms with Gasteiger partial charge in [0.25, 0.3) is 0 Å². The summed E-state index contributed by atoms with van der Waals surface area (Å²) in [6, 6.07) is 0. The predicted octanol–water partition coefficient (Wildman–Crippen LogP) is 0.135. The number of aliphatic hydroxyl groups is 2. The molecule has 7 nitrogen and oxygen atoms in total. The highest BCUT2D eigenvalue weighted by molar-refractivity contribution is 5.74. The molecule has 0 radical (unpaired) electrons. The first kappa shape index (κ1) is 21.6. The van der Waals surface area contributed by atoms with Crippen molar-refractivity contribution < 1.29 is 34.3 Å². The molecule has 7 heteroatoms. The molecule has 0 amide bonds. The summed E-state index contributed by atoms with van der Waals surface area (Å²) in [5, 5.41) is 25.1. The predicted molar refractivity (Wildman–Crippen MR) is 73.7 cm³/mol. The molecule has 0 aliphatic heterocycles. The molecule has 0 aliphatic rings. The Kier molecular flexibility index (Phi) is 13.0. The summed E-state index contributed by atoms with van der Waals surface area (Å²) < 4.78 is 15.3. The highest BCUT2D eigenvalue weighted by Crippen LogP contribution is 2.12. The first-order valence-corrected chi connectivity index (χ1v) is 6.35. The topological polar surface area (TPSA) is 105 Å². The molecule has 2 atom stereocenters. The average Bonchev–Trinajstić information content (AvgIpc) is 2.44. The van der Waals surface area contributed by atoms with Crippen molar-refractivity contribution in [2.45, 2.75) is 33.0 Å². The van der Waals surface area contributed by atoms with E-state index in [1.165, 1.54) is 6.92 Å². The maximum Gasteiger partial charge on any atom is 0.314 e. The number of hydrogen-bond donors (Lipinski definition) is 3. The number of aliphatic carboxylic acids is 1. The van der Waals surface area contributed by atoms with Gasteiger partial charge in [-0.05, 0) is 20.8 Å². The van der Waals surface area contributed by atoms with E-state index in [1.54, 1.807) is 14.2 Å². The van der Waals surface area contributed by atoms with E-state index in [-0.39, 0.29) is 12.2 Å². The van der Waals surface area contributed by atoms with Crippen molar-refractivity contribution in [2.24, 2.45) is 5.41 Å². The van der Waals surface area contributed by atoms with Gasteiger partial charge in [-0.25, -0.2) is 0 Å². The lowest BCUT2D eigenvalue weighted by Crippen LogP contribution is -2.35. The van der Waals surface area contributed by atoms with Crippen molar-refractivity contribution in [3.8, 4) is 0 Å². The minimum atomic E-state index is -1.39. The van der Waals surface area contributed by atoms with Crippen LogP contribution in [0.15, 0.2) is 0 Å². The standard InChI is InChI=1S/C8H18O3.C5H10O4/c1-7(10-4)6-11-8(2)5-9-3;1-5(2-6,3-7)4(8)9/h7-8H,5-6H2,1-4H3;6-7H,2-3H2,1H3,(H,8,9). The van der Waals surface area contributed by atoms with Gasteiger partial charge in [-0.1, -0.05) is 0 Å². The van der Waals surface area contributed by atoms with Gasteiger partial charge in [0.1, 0.15) is 5.41 Å². The van der Waals surface area contributed by atoms with Gasteiger partial charge in [0.2, 0.25) is 0 Å². The first-order chi connectivity index (χ1) is 9.27. The third-order valence-electron chi connectivity index (χ3n) is 2.63. The van der Waals surface area contributed by atoms with Crippen molar-refractivity contribution in [1.29, 1.82) is 0 Å². The van der Waals surface area contributed by atoms with Crippen LogP contribution in [0.2, 0.25) is 0 Å². The molecular weight excluding hydrogens is 268 g/mol. The van der Waals surface area contributed by atoms with Gasteiger partial charge in [-0.3, -0.25) is 4.79 Å². The molecule has 0 aromatic heterocycles. The number of carbonyl (C=O) groups is 1. The lowest BCUT2D eigenvalue weighted by molar-refractivity contribution is -0.152. The maximum atomic E-state index is 10.2. The fourth-order valence-corrected chi connectivity index (χ4v) is 0.836. The van der Waals surface area contributed by atoms with Gasteiger partial charge in [0, 0.05) is 14.2 Å². The van der Waals surface area contributed by atoms with Crippen LogP contribution in [0.1, 0.15) is 20.8 Å². The van der Waals surface area contributed by atoms with E-state index in [0.29, 0.717) is 13.2 Å². The summed E-state index contributed by atoms with van der Waals surface area (Å²) in [6.45, 7) is 5.40. The van der Waals surface area contributed by atoms with Gasteiger partial charge in [-0.2, -0.15) is 0 Å². The number of carboxylic acids is 1. The molecule has 20 heavy (non-hydrogen) atoms. The Hall–Kier alpha value is -0.730. The van der Waals surface area contributed by atoms with Crippen molar-refractivity contribution >= 4 is 5.97 Å². The summed E-state index contributed by atoms with van der Waals surface area (Å²) in [4.78, 5) is 10.2. The highest BCUT2D eigenvalue weighted by Gasteiger charge is 2.31. The summed E-state index contributed by atoms with van der Waals surface area (Å²) in [6.07, 6.45) is 0.312. The van der Waals surface area contributed by atoms with Gasteiger partial charge in [0.05, 0.1) is 38.6 Å². The number of ether oxygens (including phenoxy) is 3. The van der Waals surface area contributed by atoms with Gasteiger partial charge in [0.15, 0.2) is 0 Å². The fourth-order valence-electron chi connectivity index (χ4n) is 0.836. The van der Waals surface area contributed by atoms with Crippen LogP contribution in [0.25, 0.3) is 0 Å². The van der Waals surface area contributed by atoms with Crippen LogP contribution >= 0.6 is 0 Å². The van der Waals surface area contributed by atoms with E-state index in [0.717, 1.165) is 0 Å². The second-order valence-corrected chi connectivity index (χ2v) is 4.83. The van der Waals surface area contributed by atoms with Crippen LogP contribution in [0, 0.1) is 5.41 Å². The largest absolute Gasteiger partial charge is 0.481 e. The third kappa shape index (κ3) is 10.1. The van der Waals surface area contributed by atoms with Gasteiger partial charge < -0.3 is 29.5 Å². The Labute approximate surface area is 120 Å². The molecule has 3 N–H and O–H groups in total. The number of carboxylic acid groups (broad SMARTS) is 1. The Morgan fingerprint density at radius 1 is 1.10 bits per heavy atom. The summed E-state index contributed by atoms with van der Waals surface area (Å²) in [5.41, 5.74) is -1.39. The van der Waals surface area contributed by atoms with Gasteiger partial charge >= 0.3 is 5.97 Å². The Morgan fingerprint density at radius 2 is 1.60 bits per heavy atom. The van der Waals surface area contributed by atoms with Crippen LogP contribution in [-0.4, -0.2) is 74.1 Å². The molecule has 0 saturated heterocycles. The van der Waals surface area contributed by atoms with Crippen LogP contribution in [-0.2, 0) is 19.0 Å². The highest BCUT2D eigenvalue weighted by atomic mass is 16.5. The molecule has 0 spiro atoms. The second kappa shape index (κ2) is 12.0. The SMILES string of the molecule is CC(CO)(CO)C(=O)O.COCC(C)OCC(C)OC. The normalized spacial score (nSPS) is 14.2. The molecule has 0 fully saturated rings. The summed E-state index contributed by atoms with van der Waals surface area (Å²) in [5.74, 6) is -1.19. The van der Waals surface area contributed by atoms with E-state index in [4.69, 9.17) is 29.5 Å². The Balaban J connectivity index is 0. The molecule has 0 saturated carbocycles. The molecule has 0 aromatic rings. The average molecular weight is 296 g/mol. The number of rotatable bonds is 9. The monoisotopic (exact) mass is 296 g/mol. The maximum absolute atomic E-state index is 10.2. The zero-order valence-corrected chi connectivity index (χ0v) is 13.0. The third-order valence-corrected chi connectivity index (χ3v) is 2.63. The number of hydrogen-bond acceptors (Lipinski definition) is 6. The van der Waals surface area contributed by atoms with Crippen molar-refractivity contribution in [3.05, 3.63) is 0 Å². The Bertz CT molecular complexity index is 241. The van der Waals surface area contributed by atoms with Crippen LogP contribution in [0.4, 0.5) is 0 Å². The van der Waals surface area contributed by atoms with E-state index >= 15 is 0 Å². The van der Waals surface area contributed by atoms with E-state index < -0.39 is 24.6 Å². The minimum Gasteiger partial charge on any atom is -0.481 e. The molecular formula is C13H28O7. The van der Waals surface area contributed by atoms with Crippen molar-refractivity contribution in [2.75, 3.05) is 40.6 Å². The second-order valence-electron chi connectivity index (χ2n) is 4.83. The van der Waals surface area contributed by atoms with Crippen LogP contribution in [0.5, 0.6) is 0 Å². The van der Waals surface area contributed by atoms with Crippen LogP contribution < -0.4 is 0 Å². The zero-order chi connectivity index (χ0) is 16.2. The van der Waals surface area contributed by atoms with Crippen molar-refractivity contribution in [3.63, 3.8) is 0 Å². The van der Waals surface area contributed by atoms with E-state index in [2.05, 4.69) is 0 Å². The quantitative estimate of drug-likeness (QED) is 0.555. The molecule has 0 rings (SSSR count). The van der Waals surface area contributed by atoms with E-state index in [9.17, 15) is 4.79 Å². The summed E-state index contributed by atoms with van der Waals surface area (Å²) >= 11 is 0. The lowest BCUT2D eigenvalue weighted by atomic mass is 9.94. The zero-order valence-electron chi connectivity index (χ0n) is 13.0. The van der Waals surface area contributed by atoms with Crippen LogP contribution in [0.3, 0.4) is 0 Å². The van der Waals surface area contributed by atoms with Crippen molar-refractivity contribution in [1.82, 2.24) is 0 Å². The minimum absolute atomic E-state index is 0.151. The summed E-state index contributed by atoms with van der Waals surface area (Å²) in [7, 11) is 3.34. The molecule has 0 aliphatic carbocycles. The smallest absolute Gasteiger partial charge is 0.314 e. The molecule has 2 unspecified atom stereocenters. The fraction of sp³-hybridized carbons (Fsp3) is 0.923. The molecule has 0 heterocycles. The first-order valence-electron chi connectivity index (χ1n) is 6.35. The van der Waals surface area contributed by atoms with E-state index in [1.807, 2.05) is 13.8 Å². The number of methoxy groups -OCH3 is 2. The van der Waals surface area contributed by atoms with Gasteiger partial charge in [-0.15, -0.1) is 0 Å². The Morgan fingerprint density at radius 3 is 1.85 bits per heavy atom.